The summed E-state index contributed by atoms with van der Waals surface area (Å²) in [6.07, 6.45) is 0.773. The number of amides is 2. The molecule has 7 heteroatoms. The van der Waals surface area contributed by atoms with Crippen LogP contribution < -0.4 is 11.1 Å². The molecule has 0 unspecified atom stereocenters. The van der Waals surface area contributed by atoms with E-state index in [4.69, 9.17) is 19.9 Å². The van der Waals surface area contributed by atoms with Gasteiger partial charge in [-0.3, -0.25) is 9.59 Å². The fourth-order valence-corrected chi connectivity index (χ4v) is 2.40. The van der Waals surface area contributed by atoms with Crippen molar-refractivity contribution >= 4 is 11.8 Å². The largest absolute Gasteiger partial charge is 0.381 e. The maximum Gasteiger partial charge on any atom is 0.243 e. The molecular weight excluding hydrogens is 276 g/mol. The zero-order valence-electron chi connectivity index (χ0n) is 12.9. The average Bonchev–Trinajstić information content (AvgIpc) is 2.43. The second-order valence-electron chi connectivity index (χ2n) is 6.55. The molecule has 21 heavy (non-hydrogen) atoms. The van der Waals surface area contributed by atoms with Crippen molar-refractivity contribution in [1.82, 2.24) is 5.32 Å². The minimum atomic E-state index is -1.04. The van der Waals surface area contributed by atoms with E-state index in [1.54, 1.807) is 20.8 Å². The Balaban J connectivity index is 2.07. The summed E-state index contributed by atoms with van der Waals surface area (Å²) < 4.78 is 16.4. The van der Waals surface area contributed by atoms with Crippen molar-refractivity contribution in [2.75, 3.05) is 26.4 Å². The molecule has 2 saturated heterocycles. The molecule has 0 aliphatic carbocycles. The van der Waals surface area contributed by atoms with E-state index in [1.165, 1.54) is 0 Å². The molecule has 3 N–H and O–H groups in total. The molecule has 2 heterocycles. The van der Waals surface area contributed by atoms with E-state index in [-0.39, 0.29) is 19.1 Å². The summed E-state index contributed by atoms with van der Waals surface area (Å²) in [5.74, 6) is -1.50. The van der Waals surface area contributed by atoms with E-state index in [0.29, 0.717) is 26.1 Å². The van der Waals surface area contributed by atoms with Gasteiger partial charge in [-0.25, -0.2) is 0 Å². The summed E-state index contributed by atoms with van der Waals surface area (Å²) >= 11 is 0. The molecule has 120 valence electrons. The molecule has 0 radical (unpaired) electrons. The molecule has 2 fully saturated rings. The third-order valence-corrected chi connectivity index (χ3v) is 4.20. The molecule has 0 saturated carbocycles. The van der Waals surface area contributed by atoms with E-state index in [9.17, 15) is 9.59 Å². The second kappa shape index (κ2) is 5.55. The first-order valence-corrected chi connectivity index (χ1v) is 7.17. The Bertz CT molecular complexity index is 419. The van der Waals surface area contributed by atoms with E-state index in [0.717, 1.165) is 0 Å². The summed E-state index contributed by atoms with van der Waals surface area (Å²) in [5.41, 5.74) is 3.62. The number of nitrogens with two attached hydrogens (primary N) is 1. The van der Waals surface area contributed by atoms with Gasteiger partial charge >= 0.3 is 0 Å². The first kappa shape index (κ1) is 16.2. The zero-order chi connectivity index (χ0) is 15.7. The Morgan fingerprint density at radius 3 is 2.05 bits per heavy atom. The van der Waals surface area contributed by atoms with E-state index >= 15 is 0 Å². The van der Waals surface area contributed by atoms with Crippen molar-refractivity contribution < 1.29 is 23.8 Å². The summed E-state index contributed by atoms with van der Waals surface area (Å²) in [5, 5.41) is 2.82. The molecule has 0 aromatic heterocycles. The smallest absolute Gasteiger partial charge is 0.243 e. The highest BCUT2D eigenvalue weighted by atomic mass is 16.7. The molecule has 2 aliphatic rings. The number of hydrogen-bond donors (Lipinski definition) is 2. The Morgan fingerprint density at radius 1 is 1.05 bits per heavy atom. The van der Waals surface area contributed by atoms with Crippen LogP contribution in [0.3, 0.4) is 0 Å². The number of hydrogen-bond acceptors (Lipinski definition) is 5. The van der Waals surface area contributed by atoms with Gasteiger partial charge in [0, 0.05) is 26.1 Å². The van der Waals surface area contributed by atoms with Gasteiger partial charge in [-0.2, -0.15) is 0 Å². The second-order valence-corrected chi connectivity index (χ2v) is 6.55. The minimum absolute atomic E-state index is 0.233. The molecule has 2 aliphatic heterocycles. The van der Waals surface area contributed by atoms with Crippen molar-refractivity contribution in [3.63, 3.8) is 0 Å². The van der Waals surface area contributed by atoms with Gasteiger partial charge in [-0.15, -0.1) is 0 Å². The first-order chi connectivity index (χ1) is 9.69. The van der Waals surface area contributed by atoms with Crippen LogP contribution in [0, 0.1) is 5.41 Å². The minimum Gasteiger partial charge on any atom is -0.381 e. The molecule has 0 aromatic carbocycles. The number of carbonyl (C=O) groups is 2. The summed E-state index contributed by atoms with van der Waals surface area (Å²) in [4.78, 5) is 24.4. The van der Waals surface area contributed by atoms with Crippen molar-refractivity contribution in [3.05, 3.63) is 0 Å². The Morgan fingerprint density at radius 2 is 1.57 bits per heavy atom. The van der Waals surface area contributed by atoms with E-state index in [1.807, 2.05) is 0 Å². The van der Waals surface area contributed by atoms with Crippen LogP contribution in [0.5, 0.6) is 0 Å². The Labute approximate surface area is 124 Å². The van der Waals surface area contributed by atoms with Crippen LogP contribution in [0.2, 0.25) is 0 Å². The lowest BCUT2D eigenvalue weighted by Crippen LogP contribution is -2.64. The molecule has 2 amide bonds. The third kappa shape index (κ3) is 3.36. The molecule has 0 spiro atoms. The van der Waals surface area contributed by atoms with Crippen molar-refractivity contribution in [3.8, 4) is 0 Å². The van der Waals surface area contributed by atoms with Crippen LogP contribution in [0.4, 0.5) is 0 Å². The van der Waals surface area contributed by atoms with Gasteiger partial charge in [-0.1, -0.05) is 0 Å². The van der Waals surface area contributed by atoms with Crippen LogP contribution in [0.25, 0.3) is 0 Å². The fraction of sp³-hybridized carbons (Fsp3) is 0.857. The van der Waals surface area contributed by atoms with Crippen molar-refractivity contribution in [1.29, 1.82) is 0 Å². The molecule has 0 aromatic rings. The predicted octanol–water partition coefficient (Wildman–Crippen LogP) is -0.0737. The predicted molar refractivity (Wildman–Crippen MR) is 74.2 cm³/mol. The lowest BCUT2D eigenvalue weighted by Gasteiger charge is -2.43. The van der Waals surface area contributed by atoms with Gasteiger partial charge in [0.25, 0.3) is 0 Å². The maximum absolute atomic E-state index is 12.6. The van der Waals surface area contributed by atoms with Crippen LogP contribution >= 0.6 is 0 Å². The zero-order valence-corrected chi connectivity index (χ0v) is 12.9. The monoisotopic (exact) mass is 300 g/mol. The summed E-state index contributed by atoms with van der Waals surface area (Å²) in [7, 11) is 0. The van der Waals surface area contributed by atoms with E-state index in [2.05, 4.69) is 5.32 Å². The number of primary amides is 1. The first-order valence-electron chi connectivity index (χ1n) is 7.17. The molecule has 2 rings (SSSR count). The molecule has 0 atom stereocenters. The maximum atomic E-state index is 12.6. The number of ether oxygens (including phenoxy) is 3. The van der Waals surface area contributed by atoms with Crippen LogP contribution in [0.15, 0.2) is 0 Å². The van der Waals surface area contributed by atoms with Gasteiger partial charge in [0.05, 0.1) is 18.6 Å². The van der Waals surface area contributed by atoms with E-state index < -0.39 is 22.6 Å². The fourth-order valence-electron chi connectivity index (χ4n) is 2.40. The number of rotatable bonds is 3. The number of nitrogens with one attached hydrogen (secondary N) is 1. The van der Waals surface area contributed by atoms with Gasteiger partial charge in [-0.05, 0) is 20.8 Å². The molecular formula is C14H24N2O5. The summed E-state index contributed by atoms with van der Waals surface area (Å²) in [6.45, 7) is 6.63. The molecule has 7 nitrogen and oxygen atoms in total. The van der Waals surface area contributed by atoms with Crippen molar-refractivity contribution in [2.45, 2.75) is 44.9 Å². The highest BCUT2D eigenvalue weighted by molar-refractivity contribution is 5.92. The lowest BCUT2D eigenvalue weighted by atomic mass is 9.84. The van der Waals surface area contributed by atoms with Gasteiger partial charge in [0.2, 0.25) is 11.8 Å². The van der Waals surface area contributed by atoms with Gasteiger partial charge < -0.3 is 25.3 Å². The van der Waals surface area contributed by atoms with Gasteiger partial charge in [0.15, 0.2) is 5.79 Å². The SMILES string of the molecule is CC1(C)OCC(C)(C(=O)NC2(C(N)=O)CCOCC2)CO1. The lowest BCUT2D eigenvalue weighted by molar-refractivity contribution is -0.277. The third-order valence-electron chi connectivity index (χ3n) is 4.20. The average molecular weight is 300 g/mol. The molecule has 0 bridgehead atoms. The van der Waals surface area contributed by atoms with Crippen LogP contribution in [-0.4, -0.2) is 49.6 Å². The van der Waals surface area contributed by atoms with Crippen LogP contribution in [0.1, 0.15) is 33.6 Å². The van der Waals surface area contributed by atoms with Gasteiger partial charge in [0.1, 0.15) is 5.54 Å². The standard InChI is InChI=1S/C14H24N2O5/c1-12(2)20-8-13(3,9-21-12)11(18)16-14(10(15)17)4-6-19-7-5-14/h4-9H2,1-3H3,(H2,15,17)(H,16,18). The Kier molecular flexibility index (Phi) is 4.28. The normalized spacial score (nSPS) is 26.8. The highest BCUT2D eigenvalue weighted by Crippen LogP contribution is 2.31. The Hall–Kier alpha value is -1.18. The topological polar surface area (TPSA) is 99.9 Å². The quantitative estimate of drug-likeness (QED) is 0.760. The summed E-state index contributed by atoms with van der Waals surface area (Å²) in [6, 6.07) is 0. The van der Waals surface area contributed by atoms with Crippen molar-refractivity contribution in [2.24, 2.45) is 11.1 Å². The number of carbonyl (C=O) groups excluding carboxylic acids is 2. The van der Waals surface area contributed by atoms with Crippen LogP contribution in [-0.2, 0) is 23.8 Å². The highest BCUT2D eigenvalue weighted by Gasteiger charge is 2.47.